The molecule has 0 radical (unpaired) electrons. The molecule has 0 aliphatic carbocycles. The lowest BCUT2D eigenvalue weighted by atomic mass is 10.1. The van der Waals surface area contributed by atoms with E-state index >= 15 is 0 Å². The number of benzene rings is 2. The van der Waals surface area contributed by atoms with E-state index in [0.717, 1.165) is 11.1 Å². The Morgan fingerprint density at radius 1 is 0.900 bits per heavy atom. The van der Waals surface area contributed by atoms with Crippen LogP contribution < -0.4 is 16.0 Å². The summed E-state index contributed by atoms with van der Waals surface area (Å²) in [5.41, 5.74) is 1.71. The van der Waals surface area contributed by atoms with Gasteiger partial charge < -0.3 is 20.7 Å². The lowest BCUT2D eigenvalue weighted by molar-refractivity contribution is -0.125. The number of ether oxygens (including phenoxy) is 1. The summed E-state index contributed by atoms with van der Waals surface area (Å²) in [5, 5.41) is 7.93. The summed E-state index contributed by atoms with van der Waals surface area (Å²) in [6.45, 7) is 1.73. The maximum Gasteiger partial charge on any atom is 0.408 e. The van der Waals surface area contributed by atoms with E-state index < -0.39 is 24.2 Å². The Morgan fingerprint density at radius 3 is 2.10 bits per heavy atom. The van der Waals surface area contributed by atoms with Gasteiger partial charge in [-0.05, 0) is 18.1 Å². The zero-order chi connectivity index (χ0) is 21.8. The molecule has 0 fully saturated rings. The second-order valence-corrected chi connectivity index (χ2v) is 7.06. The highest BCUT2D eigenvalue weighted by molar-refractivity contribution is 6.18. The number of alkyl halides is 1. The van der Waals surface area contributed by atoms with Crippen molar-refractivity contribution in [2.75, 3.05) is 5.88 Å². The average Bonchev–Trinajstić information content (AvgIpc) is 2.73. The maximum absolute atomic E-state index is 12.7. The molecule has 3 amide bonds. The predicted octanol–water partition coefficient (Wildman–Crippen LogP) is 2.73. The summed E-state index contributed by atoms with van der Waals surface area (Å²) >= 11 is 5.55. The molecule has 0 aliphatic rings. The first-order valence-electron chi connectivity index (χ1n) is 9.64. The molecule has 0 spiro atoms. The number of hydrogen-bond acceptors (Lipinski definition) is 4. The topological polar surface area (TPSA) is 96.5 Å². The molecule has 2 atom stereocenters. The quantitative estimate of drug-likeness (QED) is 0.398. The van der Waals surface area contributed by atoms with Crippen LogP contribution in [0.15, 0.2) is 60.7 Å². The van der Waals surface area contributed by atoms with E-state index in [1.54, 1.807) is 6.92 Å². The van der Waals surface area contributed by atoms with Crippen molar-refractivity contribution in [3.63, 3.8) is 0 Å². The Bertz CT molecular complexity index is 818. The molecule has 0 saturated carbocycles. The normalized spacial score (nSPS) is 12.3. The Kier molecular flexibility index (Phi) is 9.67. The zero-order valence-electron chi connectivity index (χ0n) is 16.8. The summed E-state index contributed by atoms with van der Waals surface area (Å²) in [7, 11) is 0. The van der Waals surface area contributed by atoms with Crippen LogP contribution in [0.3, 0.4) is 0 Å². The minimum Gasteiger partial charge on any atom is -0.445 e. The highest BCUT2D eigenvalue weighted by Gasteiger charge is 2.23. The zero-order valence-corrected chi connectivity index (χ0v) is 17.5. The SMILES string of the molecule is C[C@@H](NC(=O)CCCl)NC(=O)[C@H](Cc1ccccc1)NC(=O)OCc1ccccc1. The summed E-state index contributed by atoms with van der Waals surface area (Å²) < 4.78 is 5.23. The molecule has 0 aliphatic heterocycles. The number of carbonyl (C=O) groups excluding carboxylic acids is 3. The van der Waals surface area contributed by atoms with Crippen LogP contribution in [0.2, 0.25) is 0 Å². The third kappa shape index (κ3) is 8.53. The van der Waals surface area contributed by atoms with Crippen molar-refractivity contribution in [2.24, 2.45) is 0 Å². The first-order chi connectivity index (χ1) is 14.5. The van der Waals surface area contributed by atoms with Gasteiger partial charge in [-0.3, -0.25) is 9.59 Å². The molecule has 2 rings (SSSR count). The molecule has 0 bridgehead atoms. The molecule has 3 N–H and O–H groups in total. The third-order valence-electron chi connectivity index (χ3n) is 4.16. The van der Waals surface area contributed by atoms with Crippen LogP contribution in [0.4, 0.5) is 4.79 Å². The average molecular weight is 432 g/mol. The minimum atomic E-state index is -0.872. The first-order valence-corrected chi connectivity index (χ1v) is 10.2. The van der Waals surface area contributed by atoms with Crippen LogP contribution in [0.1, 0.15) is 24.5 Å². The number of rotatable bonds is 10. The van der Waals surface area contributed by atoms with E-state index in [-0.39, 0.29) is 31.2 Å². The molecule has 7 nitrogen and oxygen atoms in total. The maximum atomic E-state index is 12.7. The standard InChI is InChI=1S/C22H26ClN3O4/c1-16(24-20(27)12-13-23)25-21(28)19(14-17-8-4-2-5-9-17)26-22(29)30-15-18-10-6-3-7-11-18/h2-11,16,19H,12-15H2,1H3,(H,24,27)(H,25,28)(H,26,29)/t16-,19-/m0/s1. The van der Waals surface area contributed by atoms with Crippen LogP contribution in [0.5, 0.6) is 0 Å². The van der Waals surface area contributed by atoms with E-state index in [9.17, 15) is 14.4 Å². The second-order valence-electron chi connectivity index (χ2n) is 6.69. The van der Waals surface area contributed by atoms with Crippen molar-refractivity contribution in [3.05, 3.63) is 71.8 Å². The Morgan fingerprint density at radius 2 is 1.50 bits per heavy atom. The molecular formula is C22H26ClN3O4. The monoisotopic (exact) mass is 431 g/mol. The lowest BCUT2D eigenvalue weighted by Gasteiger charge is -2.22. The van der Waals surface area contributed by atoms with Gasteiger partial charge in [0.25, 0.3) is 0 Å². The number of alkyl carbamates (subject to hydrolysis) is 1. The molecule has 8 heteroatoms. The molecule has 30 heavy (non-hydrogen) atoms. The molecule has 0 unspecified atom stereocenters. The van der Waals surface area contributed by atoms with Gasteiger partial charge in [0, 0.05) is 18.7 Å². The van der Waals surface area contributed by atoms with Crippen molar-refractivity contribution in [1.82, 2.24) is 16.0 Å². The number of amides is 3. The minimum absolute atomic E-state index is 0.0945. The van der Waals surface area contributed by atoms with E-state index in [0.29, 0.717) is 0 Å². The Labute approximate surface area is 181 Å². The van der Waals surface area contributed by atoms with Gasteiger partial charge in [-0.15, -0.1) is 11.6 Å². The van der Waals surface area contributed by atoms with Crippen LogP contribution in [-0.4, -0.2) is 36.0 Å². The highest BCUT2D eigenvalue weighted by Crippen LogP contribution is 2.05. The van der Waals surface area contributed by atoms with Crippen molar-refractivity contribution in [3.8, 4) is 0 Å². The highest BCUT2D eigenvalue weighted by atomic mass is 35.5. The van der Waals surface area contributed by atoms with Crippen LogP contribution in [0.25, 0.3) is 0 Å². The van der Waals surface area contributed by atoms with Crippen molar-refractivity contribution in [1.29, 1.82) is 0 Å². The summed E-state index contributed by atoms with van der Waals surface area (Å²) in [6, 6.07) is 17.7. The Balaban J connectivity index is 1.97. The summed E-state index contributed by atoms with van der Waals surface area (Å²) in [4.78, 5) is 36.7. The predicted molar refractivity (Wildman–Crippen MR) is 115 cm³/mol. The molecule has 160 valence electrons. The van der Waals surface area contributed by atoms with E-state index in [1.807, 2.05) is 60.7 Å². The molecular weight excluding hydrogens is 406 g/mol. The van der Waals surface area contributed by atoms with Crippen molar-refractivity contribution in [2.45, 2.75) is 38.6 Å². The van der Waals surface area contributed by atoms with Gasteiger partial charge in [0.1, 0.15) is 12.6 Å². The van der Waals surface area contributed by atoms with Crippen LogP contribution in [0, 0.1) is 0 Å². The third-order valence-corrected chi connectivity index (χ3v) is 4.35. The van der Waals surface area contributed by atoms with E-state index in [1.165, 1.54) is 0 Å². The van der Waals surface area contributed by atoms with Crippen molar-refractivity contribution < 1.29 is 19.1 Å². The van der Waals surface area contributed by atoms with Gasteiger partial charge in [-0.1, -0.05) is 60.7 Å². The second kappa shape index (κ2) is 12.5. The molecule has 0 saturated heterocycles. The van der Waals surface area contributed by atoms with Gasteiger partial charge in [0.05, 0.1) is 6.17 Å². The fourth-order valence-electron chi connectivity index (χ4n) is 2.72. The number of hydrogen-bond donors (Lipinski definition) is 3. The largest absolute Gasteiger partial charge is 0.445 e. The van der Waals surface area contributed by atoms with E-state index in [4.69, 9.17) is 16.3 Å². The summed E-state index contributed by atoms with van der Waals surface area (Å²) in [6.07, 6.45) is -0.892. The van der Waals surface area contributed by atoms with Crippen LogP contribution >= 0.6 is 11.6 Å². The number of carbonyl (C=O) groups is 3. The number of halogens is 1. The fraction of sp³-hybridized carbons (Fsp3) is 0.318. The van der Waals surface area contributed by atoms with Gasteiger partial charge >= 0.3 is 6.09 Å². The lowest BCUT2D eigenvalue weighted by Crippen LogP contribution is -2.54. The van der Waals surface area contributed by atoms with E-state index in [2.05, 4.69) is 16.0 Å². The molecule has 2 aromatic carbocycles. The van der Waals surface area contributed by atoms with Gasteiger partial charge in [-0.25, -0.2) is 4.79 Å². The molecule has 0 heterocycles. The fourth-order valence-corrected chi connectivity index (χ4v) is 2.89. The van der Waals surface area contributed by atoms with Crippen LogP contribution in [-0.2, 0) is 27.4 Å². The van der Waals surface area contributed by atoms with Gasteiger partial charge in [-0.2, -0.15) is 0 Å². The Hall–Kier alpha value is -3.06. The summed E-state index contributed by atoms with van der Waals surface area (Å²) in [5.74, 6) is -0.514. The molecule has 0 aromatic heterocycles. The first kappa shape index (κ1) is 23.2. The van der Waals surface area contributed by atoms with Gasteiger partial charge in [0.2, 0.25) is 11.8 Å². The van der Waals surface area contributed by atoms with Crippen molar-refractivity contribution >= 4 is 29.5 Å². The number of nitrogens with one attached hydrogen (secondary N) is 3. The smallest absolute Gasteiger partial charge is 0.408 e. The van der Waals surface area contributed by atoms with Gasteiger partial charge in [0.15, 0.2) is 0 Å². The molecule has 2 aromatic rings.